The van der Waals surface area contributed by atoms with Gasteiger partial charge in [0, 0.05) is 13.1 Å². The summed E-state index contributed by atoms with van der Waals surface area (Å²) in [6.45, 7) is 4.45. The molecule has 0 aliphatic carbocycles. The molecule has 0 radical (unpaired) electrons. The largest absolute Gasteiger partial charge is 0.378 e. The van der Waals surface area contributed by atoms with Gasteiger partial charge in [0.1, 0.15) is 11.4 Å². The van der Waals surface area contributed by atoms with E-state index in [1.807, 2.05) is 7.05 Å². The molecule has 1 aromatic carbocycles. The topological polar surface area (TPSA) is 96.5 Å². The summed E-state index contributed by atoms with van der Waals surface area (Å²) in [6, 6.07) is 4.96. The zero-order chi connectivity index (χ0) is 13.5. The van der Waals surface area contributed by atoms with Crippen LogP contribution in [0.25, 0.3) is 0 Å². The fourth-order valence-corrected chi connectivity index (χ4v) is 1.54. The molecule has 18 heavy (non-hydrogen) atoms. The number of benzene rings is 1. The van der Waals surface area contributed by atoms with Crippen LogP contribution in [0.4, 0.5) is 17.1 Å². The molecule has 0 saturated heterocycles. The third kappa shape index (κ3) is 3.57. The van der Waals surface area contributed by atoms with Crippen molar-refractivity contribution in [2.45, 2.75) is 6.92 Å². The number of nitrogens with two attached hydrogens (primary N) is 1. The number of anilines is 2. The van der Waals surface area contributed by atoms with Crippen LogP contribution in [0.15, 0.2) is 18.2 Å². The average Bonchev–Trinajstić information content (AvgIpc) is 2.37. The van der Waals surface area contributed by atoms with E-state index in [0.717, 1.165) is 13.1 Å². The van der Waals surface area contributed by atoms with E-state index in [1.165, 1.54) is 0 Å². The molecule has 0 aliphatic heterocycles. The summed E-state index contributed by atoms with van der Waals surface area (Å²) in [5.74, 6) is 5.27. The highest BCUT2D eigenvalue weighted by atomic mass is 16.6. The molecule has 0 atom stereocenters. The Bertz CT molecular complexity index is 410. The van der Waals surface area contributed by atoms with Gasteiger partial charge in [-0.25, -0.2) is 0 Å². The van der Waals surface area contributed by atoms with Gasteiger partial charge in [-0.15, -0.1) is 0 Å². The minimum absolute atomic E-state index is 0.0286. The van der Waals surface area contributed by atoms with Gasteiger partial charge in [0.05, 0.1) is 4.92 Å². The highest BCUT2D eigenvalue weighted by Gasteiger charge is 2.18. The third-order valence-electron chi connectivity index (χ3n) is 2.72. The van der Waals surface area contributed by atoms with Gasteiger partial charge in [0.2, 0.25) is 0 Å². The summed E-state index contributed by atoms with van der Waals surface area (Å²) >= 11 is 0. The number of nitrogens with zero attached hydrogens (tertiary/aromatic N) is 2. The van der Waals surface area contributed by atoms with Crippen LogP contribution in [0, 0.1) is 10.1 Å². The quantitative estimate of drug-likeness (QED) is 0.384. The van der Waals surface area contributed by atoms with Crippen LogP contribution in [0.3, 0.4) is 0 Å². The Kier molecular flexibility index (Phi) is 5.34. The molecule has 100 valence electrons. The molecule has 4 N–H and O–H groups in total. The van der Waals surface area contributed by atoms with Crippen LogP contribution in [-0.2, 0) is 0 Å². The van der Waals surface area contributed by atoms with Gasteiger partial charge in [0.15, 0.2) is 0 Å². The van der Waals surface area contributed by atoms with E-state index < -0.39 is 4.92 Å². The molecule has 0 aromatic heterocycles. The smallest absolute Gasteiger partial charge is 0.316 e. The monoisotopic (exact) mass is 253 g/mol. The number of hydrogen-bond donors (Lipinski definition) is 3. The van der Waals surface area contributed by atoms with Crippen LogP contribution in [0.1, 0.15) is 6.92 Å². The molecule has 1 rings (SSSR count). The highest BCUT2D eigenvalue weighted by Crippen LogP contribution is 2.31. The maximum atomic E-state index is 11.0. The van der Waals surface area contributed by atoms with Crippen molar-refractivity contribution in [3.8, 4) is 0 Å². The van der Waals surface area contributed by atoms with Gasteiger partial charge in [-0.05, 0) is 25.7 Å². The molecule has 1 aromatic rings. The van der Waals surface area contributed by atoms with Crippen molar-refractivity contribution >= 4 is 17.1 Å². The maximum Gasteiger partial charge on any atom is 0.316 e. The number of nitro groups is 1. The number of nitrogen functional groups attached to an aromatic ring is 1. The lowest BCUT2D eigenvalue weighted by atomic mass is 10.2. The van der Waals surface area contributed by atoms with Gasteiger partial charge >= 0.3 is 5.69 Å². The van der Waals surface area contributed by atoms with Crippen molar-refractivity contribution in [2.24, 2.45) is 5.84 Å². The fourth-order valence-electron chi connectivity index (χ4n) is 1.54. The van der Waals surface area contributed by atoms with Gasteiger partial charge in [-0.1, -0.05) is 13.0 Å². The Morgan fingerprint density at radius 3 is 2.67 bits per heavy atom. The van der Waals surface area contributed by atoms with Crippen molar-refractivity contribution in [2.75, 3.05) is 37.4 Å². The average molecular weight is 253 g/mol. The summed E-state index contributed by atoms with van der Waals surface area (Å²) in [6.07, 6.45) is 0. The van der Waals surface area contributed by atoms with Crippen molar-refractivity contribution in [1.29, 1.82) is 0 Å². The SMILES string of the molecule is CCN(C)CCNc1cccc(NN)c1[N+](=O)[O-]. The van der Waals surface area contributed by atoms with E-state index in [2.05, 4.69) is 22.6 Å². The van der Waals surface area contributed by atoms with Crippen LogP contribution < -0.4 is 16.6 Å². The summed E-state index contributed by atoms with van der Waals surface area (Å²) in [5.41, 5.74) is 3.08. The Hall–Kier alpha value is -1.86. The van der Waals surface area contributed by atoms with Crippen LogP contribution in [-0.4, -0.2) is 36.5 Å². The van der Waals surface area contributed by atoms with E-state index in [1.54, 1.807) is 18.2 Å². The van der Waals surface area contributed by atoms with Gasteiger partial charge in [-0.2, -0.15) is 0 Å². The minimum Gasteiger partial charge on any atom is -0.378 e. The zero-order valence-corrected chi connectivity index (χ0v) is 10.6. The molecular weight excluding hydrogens is 234 g/mol. The number of nitrogens with one attached hydrogen (secondary N) is 2. The highest BCUT2D eigenvalue weighted by molar-refractivity contribution is 5.75. The molecule has 0 amide bonds. The van der Waals surface area contributed by atoms with Gasteiger partial charge in [-0.3, -0.25) is 16.0 Å². The Morgan fingerprint density at radius 1 is 1.44 bits per heavy atom. The molecule has 7 nitrogen and oxygen atoms in total. The van der Waals surface area contributed by atoms with Crippen molar-refractivity contribution in [1.82, 2.24) is 4.90 Å². The number of para-hydroxylation sites is 1. The molecule has 0 fully saturated rings. The molecule has 0 bridgehead atoms. The second-order valence-electron chi connectivity index (χ2n) is 3.93. The number of hydrogen-bond acceptors (Lipinski definition) is 6. The standard InChI is InChI=1S/C11H19N5O2/c1-3-15(2)8-7-13-9-5-4-6-10(14-12)11(9)16(17)18/h4-6,13-14H,3,7-8,12H2,1-2H3. The first-order valence-electron chi connectivity index (χ1n) is 5.76. The molecule has 0 saturated carbocycles. The number of likely N-dealkylation sites (N-methyl/N-ethyl adjacent to an activating group) is 1. The predicted octanol–water partition coefficient (Wildman–Crippen LogP) is 1.24. The van der Waals surface area contributed by atoms with Crippen molar-refractivity contribution in [3.05, 3.63) is 28.3 Å². The van der Waals surface area contributed by atoms with E-state index in [9.17, 15) is 10.1 Å². The summed E-state index contributed by atoms with van der Waals surface area (Å²) < 4.78 is 0. The lowest BCUT2D eigenvalue weighted by molar-refractivity contribution is -0.383. The number of hydrazine groups is 1. The molecule has 0 unspecified atom stereocenters. The molecule has 0 spiro atoms. The van der Waals surface area contributed by atoms with Crippen molar-refractivity contribution < 1.29 is 4.92 Å². The summed E-state index contributed by atoms with van der Waals surface area (Å²) in [4.78, 5) is 12.7. The Balaban J connectivity index is 2.78. The van der Waals surface area contributed by atoms with E-state index in [0.29, 0.717) is 17.9 Å². The van der Waals surface area contributed by atoms with E-state index in [-0.39, 0.29) is 5.69 Å². The maximum absolute atomic E-state index is 11.0. The summed E-state index contributed by atoms with van der Waals surface area (Å²) in [7, 11) is 1.99. The molecular formula is C11H19N5O2. The van der Waals surface area contributed by atoms with Gasteiger partial charge in [0.25, 0.3) is 0 Å². The lowest BCUT2D eigenvalue weighted by Crippen LogP contribution is -2.25. The second-order valence-corrected chi connectivity index (χ2v) is 3.93. The number of nitro benzene ring substituents is 1. The van der Waals surface area contributed by atoms with Crippen molar-refractivity contribution in [3.63, 3.8) is 0 Å². The normalized spacial score (nSPS) is 10.4. The second kappa shape index (κ2) is 6.77. The zero-order valence-electron chi connectivity index (χ0n) is 10.6. The number of rotatable bonds is 7. The Labute approximate surface area is 106 Å². The van der Waals surface area contributed by atoms with Crippen LogP contribution in [0.2, 0.25) is 0 Å². The third-order valence-corrected chi connectivity index (χ3v) is 2.72. The Morgan fingerprint density at radius 2 is 2.11 bits per heavy atom. The first kappa shape index (κ1) is 14.2. The first-order chi connectivity index (χ1) is 8.60. The predicted molar refractivity (Wildman–Crippen MR) is 72.6 cm³/mol. The van der Waals surface area contributed by atoms with Crippen LogP contribution in [0.5, 0.6) is 0 Å². The first-order valence-corrected chi connectivity index (χ1v) is 5.76. The fraction of sp³-hybridized carbons (Fsp3) is 0.455. The minimum atomic E-state index is -0.443. The molecule has 0 heterocycles. The molecule has 0 aliphatic rings. The van der Waals surface area contributed by atoms with E-state index in [4.69, 9.17) is 5.84 Å². The van der Waals surface area contributed by atoms with Crippen LogP contribution >= 0.6 is 0 Å². The van der Waals surface area contributed by atoms with E-state index >= 15 is 0 Å². The molecule has 7 heteroatoms. The lowest BCUT2D eigenvalue weighted by Gasteiger charge is -2.15. The summed E-state index contributed by atoms with van der Waals surface area (Å²) in [5, 5.41) is 14.1. The van der Waals surface area contributed by atoms with Gasteiger partial charge < -0.3 is 15.6 Å².